The maximum Gasteiger partial charge on any atom is 0.273 e. The van der Waals surface area contributed by atoms with E-state index in [9.17, 15) is 14.5 Å². The number of hydrogen-bond donors (Lipinski definition) is 1. The smallest absolute Gasteiger partial charge is 0.273 e. The van der Waals surface area contributed by atoms with E-state index in [0.717, 1.165) is 0 Å². The zero-order chi connectivity index (χ0) is 17.4. The molecule has 0 aliphatic rings. The Hall–Kier alpha value is -2.80. The summed E-state index contributed by atoms with van der Waals surface area (Å²) in [5.41, 5.74) is 2.25. The number of benzene rings is 2. The molecule has 0 unspecified atom stereocenters. The average Bonchev–Trinajstić information content (AvgIpc) is 2.51. The van der Waals surface area contributed by atoms with Crippen LogP contribution in [0.25, 0.3) is 10.9 Å². The van der Waals surface area contributed by atoms with E-state index < -0.39 is 10.7 Å². The number of fused-ring (bicyclic) bond motifs is 1. The molecule has 3 rings (SSSR count). The molecule has 0 atom stereocenters. The van der Waals surface area contributed by atoms with Crippen LogP contribution in [0.5, 0.6) is 0 Å². The van der Waals surface area contributed by atoms with Crippen molar-refractivity contribution in [2.45, 2.75) is 13.8 Å². The lowest BCUT2D eigenvalue weighted by molar-refractivity contribution is -0.385. The van der Waals surface area contributed by atoms with Crippen molar-refractivity contribution in [3.63, 3.8) is 0 Å². The molecule has 0 saturated heterocycles. The Balaban J connectivity index is 2.15. The topological polar surface area (TPSA) is 81.0 Å². The first-order valence-electron chi connectivity index (χ1n) is 6.99. The lowest BCUT2D eigenvalue weighted by atomic mass is 10.1. The van der Waals surface area contributed by atoms with Crippen LogP contribution in [0.4, 0.5) is 21.6 Å². The van der Waals surface area contributed by atoms with Gasteiger partial charge in [-0.15, -0.1) is 0 Å². The third-order valence-corrected chi connectivity index (χ3v) is 3.96. The van der Waals surface area contributed by atoms with Gasteiger partial charge in [-0.05, 0) is 37.6 Å². The van der Waals surface area contributed by atoms with E-state index in [1.165, 1.54) is 24.5 Å². The standard InChI is InChI=1S/C16H12ClFN4O2/c1-8-3-12(18)11(17)6-13(8)21-16-10-5-15(22(23)24)9(2)4-14(10)19-7-20-16/h3-7H,1-2H3,(H,19,20,21). The van der Waals surface area contributed by atoms with Gasteiger partial charge in [-0.3, -0.25) is 10.1 Å². The Morgan fingerprint density at radius 3 is 2.62 bits per heavy atom. The highest BCUT2D eigenvalue weighted by atomic mass is 35.5. The van der Waals surface area contributed by atoms with Crippen LogP contribution in [-0.2, 0) is 0 Å². The molecule has 24 heavy (non-hydrogen) atoms. The van der Waals surface area contributed by atoms with Gasteiger partial charge in [-0.2, -0.15) is 0 Å². The van der Waals surface area contributed by atoms with Crippen molar-refractivity contribution in [2.75, 3.05) is 5.32 Å². The molecule has 0 bridgehead atoms. The molecule has 0 aliphatic carbocycles. The quantitative estimate of drug-likeness (QED) is 0.549. The lowest BCUT2D eigenvalue weighted by Crippen LogP contribution is -2.00. The van der Waals surface area contributed by atoms with Crippen LogP contribution in [-0.4, -0.2) is 14.9 Å². The van der Waals surface area contributed by atoms with E-state index in [2.05, 4.69) is 15.3 Å². The van der Waals surface area contributed by atoms with E-state index in [4.69, 9.17) is 11.6 Å². The first-order valence-corrected chi connectivity index (χ1v) is 7.37. The number of anilines is 2. The first-order chi connectivity index (χ1) is 11.4. The van der Waals surface area contributed by atoms with Crippen LogP contribution in [0.2, 0.25) is 5.02 Å². The number of aromatic nitrogens is 2. The molecule has 1 heterocycles. The van der Waals surface area contributed by atoms with Crippen molar-refractivity contribution in [1.82, 2.24) is 9.97 Å². The largest absolute Gasteiger partial charge is 0.339 e. The number of halogens is 2. The third-order valence-electron chi connectivity index (χ3n) is 3.67. The second kappa shape index (κ2) is 6.01. The van der Waals surface area contributed by atoms with Gasteiger partial charge in [0.2, 0.25) is 0 Å². The van der Waals surface area contributed by atoms with Gasteiger partial charge in [-0.25, -0.2) is 14.4 Å². The van der Waals surface area contributed by atoms with E-state index in [1.807, 2.05) is 0 Å². The Labute approximate surface area is 141 Å². The fourth-order valence-electron chi connectivity index (χ4n) is 2.40. The SMILES string of the molecule is Cc1cc(F)c(Cl)cc1Nc1ncnc2cc(C)c([N+](=O)[O-])cc12. The van der Waals surface area contributed by atoms with Crippen molar-refractivity contribution in [3.05, 3.63) is 62.7 Å². The minimum atomic E-state index is -0.515. The van der Waals surface area contributed by atoms with E-state index in [0.29, 0.717) is 33.5 Å². The van der Waals surface area contributed by atoms with Crippen molar-refractivity contribution in [3.8, 4) is 0 Å². The summed E-state index contributed by atoms with van der Waals surface area (Å²) in [6.07, 6.45) is 1.36. The Morgan fingerprint density at radius 2 is 1.92 bits per heavy atom. The summed E-state index contributed by atoms with van der Waals surface area (Å²) < 4.78 is 13.5. The van der Waals surface area contributed by atoms with Gasteiger partial charge in [0.05, 0.1) is 15.5 Å². The number of nitrogens with zero attached hydrogens (tertiary/aromatic N) is 3. The van der Waals surface area contributed by atoms with Gasteiger partial charge in [-0.1, -0.05) is 11.6 Å². The molecule has 1 aromatic heterocycles. The highest BCUT2D eigenvalue weighted by molar-refractivity contribution is 6.31. The lowest BCUT2D eigenvalue weighted by Gasteiger charge is -2.12. The minimum absolute atomic E-state index is 0.0192. The van der Waals surface area contributed by atoms with Crippen LogP contribution >= 0.6 is 11.6 Å². The summed E-state index contributed by atoms with van der Waals surface area (Å²) in [6, 6.07) is 5.81. The summed E-state index contributed by atoms with van der Waals surface area (Å²) in [4.78, 5) is 19.0. The van der Waals surface area contributed by atoms with Crippen molar-refractivity contribution >= 4 is 39.7 Å². The first kappa shape index (κ1) is 16.1. The van der Waals surface area contributed by atoms with Crippen LogP contribution in [0.1, 0.15) is 11.1 Å². The minimum Gasteiger partial charge on any atom is -0.339 e. The molecule has 0 saturated carbocycles. The number of hydrogen-bond acceptors (Lipinski definition) is 5. The summed E-state index contributed by atoms with van der Waals surface area (Å²) >= 11 is 5.82. The fourth-order valence-corrected chi connectivity index (χ4v) is 2.56. The predicted molar refractivity (Wildman–Crippen MR) is 90.4 cm³/mol. The van der Waals surface area contributed by atoms with Crippen LogP contribution in [0.15, 0.2) is 30.6 Å². The Bertz CT molecular complexity index is 978. The third kappa shape index (κ3) is 2.85. The predicted octanol–water partition coefficient (Wildman–Crippen LogP) is 4.69. The Morgan fingerprint density at radius 1 is 1.17 bits per heavy atom. The molecule has 0 spiro atoms. The second-order valence-electron chi connectivity index (χ2n) is 5.34. The number of nitro groups is 1. The van der Waals surface area contributed by atoms with E-state index >= 15 is 0 Å². The van der Waals surface area contributed by atoms with Gasteiger partial charge >= 0.3 is 0 Å². The van der Waals surface area contributed by atoms with Gasteiger partial charge in [0.15, 0.2) is 0 Å². The van der Waals surface area contributed by atoms with Gasteiger partial charge < -0.3 is 5.32 Å². The van der Waals surface area contributed by atoms with Crippen LogP contribution in [0.3, 0.4) is 0 Å². The molecule has 1 N–H and O–H groups in total. The number of rotatable bonds is 3. The second-order valence-corrected chi connectivity index (χ2v) is 5.75. The summed E-state index contributed by atoms with van der Waals surface area (Å²) in [7, 11) is 0. The molecule has 2 aromatic carbocycles. The van der Waals surface area contributed by atoms with E-state index in [-0.39, 0.29) is 10.7 Å². The number of nitro benzene ring substituents is 1. The number of aryl methyl sites for hydroxylation is 2. The highest BCUT2D eigenvalue weighted by Gasteiger charge is 2.15. The normalized spacial score (nSPS) is 10.8. The number of nitrogens with one attached hydrogen (secondary N) is 1. The zero-order valence-corrected chi connectivity index (χ0v) is 13.6. The summed E-state index contributed by atoms with van der Waals surface area (Å²) in [5, 5.41) is 14.7. The average molecular weight is 347 g/mol. The molecule has 6 nitrogen and oxygen atoms in total. The van der Waals surface area contributed by atoms with Crippen LogP contribution < -0.4 is 5.32 Å². The molecule has 122 valence electrons. The summed E-state index contributed by atoms with van der Waals surface area (Å²) in [6.45, 7) is 3.37. The molecule has 0 aliphatic heterocycles. The molecule has 3 aromatic rings. The summed E-state index contributed by atoms with van der Waals surface area (Å²) in [5.74, 6) is -0.132. The van der Waals surface area contributed by atoms with Gasteiger partial charge in [0.25, 0.3) is 5.69 Å². The molecular formula is C16H12ClFN4O2. The Kier molecular flexibility index (Phi) is 4.02. The van der Waals surface area contributed by atoms with E-state index in [1.54, 1.807) is 19.9 Å². The maximum absolute atomic E-state index is 13.5. The van der Waals surface area contributed by atoms with Crippen LogP contribution in [0, 0.1) is 29.8 Å². The van der Waals surface area contributed by atoms with Crippen molar-refractivity contribution in [1.29, 1.82) is 0 Å². The van der Waals surface area contributed by atoms with Gasteiger partial charge in [0.1, 0.15) is 18.0 Å². The monoisotopic (exact) mass is 346 g/mol. The van der Waals surface area contributed by atoms with Gasteiger partial charge in [0, 0.05) is 22.7 Å². The molecule has 0 amide bonds. The zero-order valence-electron chi connectivity index (χ0n) is 12.8. The molecule has 0 fully saturated rings. The van der Waals surface area contributed by atoms with Crippen molar-refractivity contribution in [2.24, 2.45) is 0 Å². The maximum atomic E-state index is 13.5. The molecule has 8 heteroatoms. The van der Waals surface area contributed by atoms with Crippen molar-refractivity contribution < 1.29 is 9.31 Å². The highest BCUT2D eigenvalue weighted by Crippen LogP contribution is 2.31. The fraction of sp³-hybridized carbons (Fsp3) is 0.125. The molecule has 0 radical (unpaired) electrons. The molecular weight excluding hydrogens is 335 g/mol.